The van der Waals surface area contributed by atoms with E-state index in [1.54, 1.807) is 42.5 Å². The molecule has 100 valence electrons. The van der Waals surface area contributed by atoms with Gasteiger partial charge < -0.3 is 10.5 Å². The van der Waals surface area contributed by atoms with Crippen LogP contribution in [0.2, 0.25) is 0 Å². The van der Waals surface area contributed by atoms with Gasteiger partial charge in [0.2, 0.25) is 10.0 Å². The maximum atomic E-state index is 11.9. The molecule has 0 bridgehead atoms. The molecule has 0 fully saturated rings. The van der Waals surface area contributed by atoms with E-state index in [2.05, 4.69) is 4.72 Å². The van der Waals surface area contributed by atoms with Gasteiger partial charge in [0.1, 0.15) is 16.4 Å². The van der Waals surface area contributed by atoms with Crippen molar-refractivity contribution in [2.75, 3.05) is 12.8 Å². The van der Waals surface area contributed by atoms with Gasteiger partial charge in [-0.3, -0.25) is 0 Å². The smallest absolute Gasteiger partial charge is 0.244 e. The van der Waals surface area contributed by atoms with E-state index in [4.69, 9.17) is 10.5 Å². The third kappa shape index (κ3) is 2.86. The van der Waals surface area contributed by atoms with Crippen LogP contribution in [0.4, 0.5) is 5.69 Å². The van der Waals surface area contributed by atoms with Gasteiger partial charge in [-0.2, -0.15) is 0 Å². The number of hydrogen-bond donors (Lipinski definition) is 2. The Hall–Kier alpha value is -2.05. The van der Waals surface area contributed by atoms with E-state index >= 15 is 0 Å². The van der Waals surface area contributed by atoms with E-state index in [-0.39, 0.29) is 10.6 Å². The van der Waals surface area contributed by atoms with E-state index in [9.17, 15) is 8.42 Å². The first-order valence-corrected chi connectivity index (χ1v) is 7.08. The van der Waals surface area contributed by atoms with E-state index in [0.29, 0.717) is 11.4 Å². The van der Waals surface area contributed by atoms with Crippen molar-refractivity contribution in [3.63, 3.8) is 0 Å². The van der Waals surface area contributed by atoms with Crippen molar-refractivity contribution >= 4 is 15.7 Å². The van der Waals surface area contributed by atoms with Crippen LogP contribution in [0.15, 0.2) is 53.4 Å². The lowest BCUT2D eigenvalue weighted by molar-refractivity contribution is 0.469. The molecule has 0 aliphatic rings. The molecule has 19 heavy (non-hydrogen) atoms. The van der Waals surface area contributed by atoms with Gasteiger partial charge in [0.15, 0.2) is 0 Å². The number of hydrogen-bond acceptors (Lipinski definition) is 4. The molecule has 5 nitrogen and oxygen atoms in total. The van der Waals surface area contributed by atoms with Crippen LogP contribution in [-0.4, -0.2) is 15.5 Å². The minimum absolute atomic E-state index is 0.0701. The molecule has 0 unspecified atom stereocenters. The van der Waals surface area contributed by atoms with Gasteiger partial charge in [-0.15, -0.1) is 0 Å². The largest absolute Gasteiger partial charge is 0.454 e. The molecular formula is C13H14N2O3S. The van der Waals surface area contributed by atoms with Gasteiger partial charge in [0.25, 0.3) is 0 Å². The lowest BCUT2D eigenvalue weighted by atomic mass is 10.3. The monoisotopic (exact) mass is 278 g/mol. The summed E-state index contributed by atoms with van der Waals surface area (Å²) in [6.07, 6.45) is 0. The van der Waals surface area contributed by atoms with Crippen molar-refractivity contribution in [1.29, 1.82) is 0 Å². The first kappa shape index (κ1) is 13.4. The van der Waals surface area contributed by atoms with Crippen molar-refractivity contribution in [1.82, 2.24) is 4.72 Å². The molecule has 2 rings (SSSR count). The molecule has 2 aromatic rings. The predicted octanol–water partition coefficient (Wildman–Crippen LogP) is 1.97. The fourth-order valence-electron chi connectivity index (χ4n) is 1.56. The Morgan fingerprint density at radius 1 is 1.00 bits per heavy atom. The fourth-order valence-corrected chi connectivity index (χ4v) is 2.41. The van der Waals surface area contributed by atoms with E-state index in [1.165, 1.54) is 13.1 Å². The lowest BCUT2D eigenvalue weighted by Gasteiger charge is -2.12. The molecule has 0 aromatic heterocycles. The molecule has 0 atom stereocenters. The van der Waals surface area contributed by atoms with Crippen LogP contribution in [-0.2, 0) is 10.0 Å². The van der Waals surface area contributed by atoms with Crippen LogP contribution in [0.5, 0.6) is 11.5 Å². The molecule has 6 heteroatoms. The molecule has 0 saturated carbocycles. The van der Waals surface area contributed by atoms with Gasteiger partial charge in [-0.25, -0.2) is 13.1 Å². The van der Waals surface area contributed by atoms with Crippen LogP contribution in [0.1, 0.15) is 0 Å². The molecule has 0 saturated heterocycles. The Morgan fingerprint density at radius 3 is 2.21 bits per heavy atom. The van der Waals surface area contributed by atoms with Crippen molar-refractivity contribution < 1.29 is 13.2 Å². The highest BCUT2D eigenvalue weighted by atomic mass is 32.2. The third-order valence-electron chi connectivity index (χ3n) is 2.55. The third-order valence-corrected chi connectivity index (χ3v) is 4.00. The molecule has 3 N–H and O–H groups in total. The normalized spacial score (nSPS) is 11.2. The number of sulfonamides is 1. The first-order chi connectivity index (χ1) is 9.04. The maximum absolute atomic E-state index is 11.9. The van der Waals surface area contributed by atoms with Crippen LogP contribution in [0.3, 0.4) is 0 Å². The second-order valence-electron chi connectivity index (χ2n) is 3.79. The van der Waals surface area contributed by atoms with Crippen molar-refractivity contribution in [2.45, 2.75) is 4.90 Å². The standard InChI is InChI=1S/C13H14N2O3S/c1-15-19(16,17)13-9-5-4-8-12(13)18-11-7-3-2-6-10(11)14/h2-9,15H,14H2,1H3. The van der Waals surface area contributed by atoms with Crippen LogP contribution in [0.25, 0.3) is 0 Å². The molecule has 0 radical (unpaired) electrons. The molecule has 0 spiro atoms. The fraction of sp³-hybridized carbons (Fsp3) is 0.0769. The highest BCUT2D eigenvalue weighted by molar-refractivity contribution is 7.89. The highest BCUT2D eigenvalue weighted by Gasteiger charge is 2.17. The highest BCUT2D eigenvalue weighted by Crippen LogP contribution is 2.31. The number of nitrogen functional groups attached to an aromatic ring is 1. The van der Waals surface area contributed by atoms with Crippen LogP contribution >= 0.6 is 0 Å². The number of benzene rings is 2. The molecule has 0 aliphatic heterocycles. The minimum Gasteiger partial charge on any atom is -0.454 e. The zero-order valence-electron chi connectivity index (χ0n) is 10.3. The quantitative estimate of drug-likeness (QED) is 0.838. The van der Waals surface area contributed by atoms with Gasteiger partial charge in [-0.1, -0.05) is 24.3 Å². The summed E-state index contributed by atoms with van der Waals surface area (Å²) >= 11 is 0. The van der Waals surface area contributed by atoms with Crippen molar-refractivity contribution in [3.05, 3.63) is 48.5 Å². The zero-order chi connectivity index (χ0) is 13.9. The average Bonchev–Trinajstić information content (AvgIpc) is 2.42. The summed E-state index contributed by atoms with van der Waals surface area (Å²) in [5.41, 5.74) is 6.21. The minimum atomic E-state index is -3.58. The van der Waals surface area contributed by atoms with E-state index in [1.807, 2.05) is 0 Å². The summed E-state index contributed by atoms with van der Waals surface area (Å²) in [6.45, 7) is 0. The van der Waals surface area contributed by atoms with Crippen molar-refractivity contribution in [2.24, 2.45) is 0 Å². The molecule has 0 aliphatic carbocycles. The molecule has 0 amide bonds. The summed E-state index contributed by atoms with van der Waals surface area (Å²) in [5.74, 6) is 0.649. The summed E-state index contributed by atoms with van der Waals surface area (Å²) in [6, 6.07) is 13.3. The Labute approximate surface area is 112 Å². The number of nitrogens with one attached hydrogen (secondary N) is 1. The van der Waals surface area contributed by atoms with Crippen molar-refractivity contribution in [3.8, 4) is 11.5 Å². The first-order valence-electron chi connectivity index (χ1n) is 5.59. The number of para-hydroxylation sites is 3. The summed E-state index contributed by atoms with van der Waals surface area (Å²) in [4.78, 5) is 0.0701. The second kappa shape index (κ2) is 5.29. The molecule has 0 heterocycles. The Balaban J connectivity index is 2.45. The Kier molecular flexibility index (Phi) is 3.73. The van der Waals surface area contributed by atoms with Gasteiger partial charge in [0.05, 0.1) is 5.69 Å². The molecular weight excluding hydrogens is 264 g/mol. The topological polar surface area (TPSA) is 81.4 Å². The summed E-state index contributed by atoms with van der Waals surface area (Å²) < 4.78 is 31.6. The van der Waals surface area contributed by atoms with Crippen LogP contribution in [0, 0.1) is 0 Å². The van der Waals surface area contributed by atoms with Gasteiger partial charge in [-0.05, 0) is 31.3 Å². The average molecular weight is 278 g/mol. The summed E-state index contributed by atoms with van der Waals surface area (Å²) in [7, 11) is -2.23. The van der Waals surface area contributed by atoms with E-state index in [0.717, 1.165) is 0 Å². The zero-order valence-corrected chi connectivity index (χ0v) is 11.1. The Morgan fingerprint density at radius 2 is 1.58 bits per heavy atom. The molecule has 2 aromatic carbocycles. The number of rotatable bonds is 4. The summed E-state index contributed by atoms with van der Waals surface area (Å²) in [5, 5.41) is 0. The second-order valence-corrected chi connectivity index (χ2v) is 5.65. The SMILES string of the molecule is CNS(=O)(=O)c1ccccc1Oc1ccccc1N. The van der Waals surface area contributed by atoms with Crippen LogP contribution < -0.4 is 15.2 Å². The number of nitrogens with two attached hydrogens (primary N) is 1. The van der Waals surface area contributed by atoms with Gasteiger partial charge >= 0.3 is 0 Å². The van der Waals surface area contributed by atoms with E-state index < -0.39 is 10.0 Å². The Bertz CT molecular complexity index is 684. The lowest BCUT2D eigenvalue weighted by Crippen LogP contribution is -2.19. The number of anilines is 1. The predicted molar refractivity (Wildman–Crippen MR) is 73.6 cm³/mol. The van der Waals surface area contributed by atoms with Gasteiger partial charge in [0, 0.05) is 0 Å². The maximum Gasteiger partial charge on any atom is 0.244 e. The number of ether oxygens (including phenoxy) is 1.